The van der Waals surface area contributed by atoms with E-state index >= 15 is 0 Å². The van der Waals surface area contributed by atoms with Crippen LogP contribution in [0.2, 0.25) is 0 Å². The second kappa shape index (κ2) is 13.4. The van der Waals surface area contributed by atoms with Gasteiger partial charge in [0, 0.05) is 69.3 Å². The molecule has 2 aromatic carbocycles. The Labute approximate surface area is 277 Å². The van der Waals surface area contributed by atoms with Crippen molar-refractivity contribution in [3.05, 3.63) is 108 Å². The second-order valence-electron chi connectivity index (χ2n) is 13.2. The van der Waals surface area contributed by atoms with Crippen molar-refractivity contribution in [2.45, 2.75) is 69.8 Å². The summed E-state index contributed by atoms with van der Waals surface area (Å²) in [6, 6.07) is 21.7. The molecule has 0 saturated carbocycles. The van der Waals surface area contributed by atoms with Crippen LogP contribution in [0.25, 0.3) is 22.2 Å². The zero-order valence-electron chi connectivity index (χ0n) is 27.1. The van der Waals surface area contributed by atoms with Crippen LogP contribution in [0.15, 0.2) is 90.1 Å². The molecule has 246 valence electrons. The first-order valence-corrected chi connectivity index (χ1v) is 16.2. The predicted octanol–water partition coefficient (Wildman–Crippen LogP) is 9.33. The third-order valence-electron chi connectivity index (χ3n) is 7.72. The minimum Gasteiger partial charge on any atom is -0.493 e. The van der Waals surface area contributed by atoms with Gasteiger partial charge in [0.25, 0.3) is 0 Å². The fourth-order valence-corrected chi connectivity index (χ4v) is 6.42. The van der Waals surface area contributed by atoms with Crippen LogP contribution in [0.5, 0.6) is 5.75 Å². The number of nitrogens with zero attached hydrogens (tertiary/aromatic N) is 3. The molecule has 5 rings (SSSR count). The average molecular weight is 662 g/mol. The van der Waals surface area contributed by atoms with Crippen molar-refractivity contribution < 1.29 is 27.8 Å². The van der Waals surface area contributed by atoms with E-state index in [1.807, 2.05) is 60.7 Å². The van der Waals surface area contributed by atoms with Gasteiger partial charge in [0.2, 0.25) is 0 Å². The summed E-state index contributed by atoms with van der Waals surface area (Å²) in [6.45, 7) is 10.8. The van der Waals surface area contributed by atoms with Crippen LogP contribution in [0.3, 0.4) is 0 Å². The maximum atomic E-state index is 13.0. The van der Waals surface area contributed by atoms with Gasteiger partial charge in [-0.05, 0) is 61.9 Å². The number of hydrogen-bond acceptors (Lipinski definition) is 5. The molecule has 5 aromatic rings. The zero-order chi connectivity index (χ0) is 34.0. The number of aliphatic carboxylic acids is 1. The number of benzene rings is 2. The molecule has 1 N–H and O–H groups in total. The fourth-order valence-electron chi connectivity index (χ4n) is 5.23. The summed E-state index contributed by atoms with van der Waals surface area (Å²) in [5.74, 6) is -0.160. The molecule has 0 bridgehead atoms. The molecule has 0 radical (unpaired) electrons. The molecule has 6 nitrogen and oxygen atoms in total. The highest BCUT2D eigenvalue weighted by molar-refractivity contribution is 8.00. The number of rotatable bonds is 11. The number of aromatic nitrogens is 3. The molecule has 0 aliphatic carbocycles. The van der Waals surface area contributed by atoms with E-state index in [2.05, 4.69) is 35.3 Å². The van der Waals surface area contributed by atoms with Gasteiger partial charge in [-0.2, -0.15) is 13.2 Å². The normalized spacial score (nSPS) is 12.4. The predicted molar refractivity (Wildman–Crippen MR) is 180 cm³/mol. The molecule has 47 heavy (non-hydrogen) atoms. The highest BCUT2D eigenvalue weighted by Gasteiger charge is 2.33. The molecule has 3 aromatic heterocycles. The maximum absolute atomic E-state index is 13.0. The van der Waals surface area contributed by atoms with Crippen LogP contribution < -0.4 is 4.74 Å². The Bertz CT molecular complexity index is 1840. The number of carboxylic acid groups (broad SMARTS) is 1. The van der Waals surface area contributed by atoms with Crippen molar-refractivity contribution in [2.75, 3.05) is 6.61 Å². The van der Waals surface area contributed by atoms with Crippen molar-refractivity contribution in [3.63, 3.8) is 0 Å². The number of hydrogen-bond donors (Lipinski definition) is 1. The van der Waals surface area contributed by atoms with Crippen LogP contribution in [-0.2, 0) is 30.4 Å². The lowest BCUT2D eigenvalue weighted by Crippen LogP contribution is -2.28. The molecule has 0 aliphatic heterocycles. The van der Waals surface area contributed by atoms with Gasteiger partial charge >= 0.3 is 12.1 Å². The van der Waals surface area contributed by atoms with Crippen LogP contribution >= 0.6 is 11.8 Å². The summed E-state index contributed by atoms with van der Waals surface area (Å²) < 4.78 is 47.3. The van der Waals surface area contributed by atoms with Crippen LogP contribution in [0.4, 0.5) is 13.2 Å². The third kappa shape index (κ3) is 8.35. The Hall–Kier alpha value is -4.31. The molecule has 0 unspecified atom stereocenters. The lowest BCUT2D eigenvalue weighted by Gasteiger charge is -2.24. The van der Waals surface area contributed by atoms with E-state index in [9.17, 15) is 23.1 Å². The minimum atomic E-state index is -4.45. The van der Waals surface area contributed by atoms with Crippen molar-refractivity contribution in [3.8, 4) is 17.0 Å². The topological polar surface area (TPSA) is 77.2 Å². The summed E-state index contributed by atoms with van der Waals surface area (Å²) in [5, 5.41) is 11.1. The number of halogens is 3. The summed E-state index contributed by atoms with van der Waals surface area (Å²) in [4.78, 5) is 21.8. The smallest absolute Gasteiger partial charge is 0.417 e. The minimum absolute atomic E-state index is 0.159. The van der Waals surface area contributed by atoms with Crippen LogP contribution in [0.1, 0.15) is 57.1 Å². The first-order chi connectivity index (χ1) is 22.1. The van der Waals surface area contributed by atoms with E-state index < -0.39 is 23.1 Å². The van der Waals surface area contributed by atoms with Gasteiger partial charge in [0.15, 0.2) is 0 Å². The second-order valence-corrected chi connectivity index (χ2v) is 15.0. The lowest BCUT2D eigenvalue weighted by molar-refractivity contribution is -0.147. The van der Waals surface area contributed by atoms with E-state index in [4.69, 9.17) is 4.74 Å². The first kappa shape index (κ1) is 34.0. The van der Waals surface area contributed by atoms with E-state index in [-0.39, 0.29) is 4.75 Å². The quantitative estimate of drug-likeness (QED) is 0.142. The van der Waals surface area contributed by atoms with Crippen molar-refractivity contribution in [2.24, 2.45) is 5.41 Å². The third-order valence-corrected chi connectivity index (χ3v) is 8.99. The van der Waals surface area contributed by atoms with Crippen molar-refractivity contribution in [1.82, 2.24) is 14.5 Å². The molecule has 0 fully saturated rings. The first-order valence-electron chi connectivity index (χ1n) is 15.3. The molecular weight excluding hydrogens is 623 g/mol. The number of pyridine rings is 2. The maximum Gasteiger partial charge on any atom is 0.417 e. The van der Waals surface area contributed by atoms with Gasteiger partial charge in [-0.25, -0.2) is 0 Å². The molecule has 0 amide bonds. The molecule has 0 aliphatic rings. The summed E-state index contributed by atoms with van der Waals surface area (Å²) in [6.07, 6.45) is -0.868. The molecule has 0 atom stereocenters. The highest BCUT2D eigenvalue weighted by Crippen LogP contribution is 2.44. The van der Waals surface area contributed by atoms with E-state index in [0.717, 1.165) is 50.8 Å². The van der Waals surface area contributed by atoms with Gasteiger partial charge in [-0.3, -0.25) is 14.8 Å². The number of fused-ring (bicyclic) bond motifs is 1. The van der Waals surface area contributed by atoms with E-state index in [1.54, 1.807) is 31.8 Å². The molecule has 10 heteroatoms. The Morgan fingerprint density at radius 2 is 1.68 bits per heavy atom. The standard InChI is InChI=1S/C37H38F3N3O3S/c1-35(2,3)47-33-29-20-28(46-19-17-27-8-6-7-18-41-27)14-16-31(29)43(32(33)21-36(4,5)34(44)45)23-24-9-11-25(12-10-24)30-15-13-26(22-42-30)37(38,39)40/h6-16,18,20,22H,17,19,21,23H2,1-5H3,(H,44,45). The molecule has 0 saturated heterocycles. The van der Waals surface area contributed by atoms with Gasteiger partial charge in [0.1, 0.15) is 5.75 Å². The summed E-state index contributed by atoms with van der Waals surface area (Å²) in [7, 11) is 0. The Morgan fingerprint density at radius 1 is 0.936 bits per heavy atom. The number of alkyl halides is 3. The van der Waals surface area contributed by atoms with Gasteiger partial charge in [-0.1, -0.05) is 51.1 Å². The largest absolute Gasteiger partial charge is 0.493 e. The van der Waals surface area contributed by atoms with Gasteiger partial charge < -0.3 is 14.4 Å². The van der Waals surface area contributed by atoms with Gasteiger partial charge in [0.05, 0.1) is 23.3 Å². The van der Waals surface area contributed by atoms with Crippen LogP contribution in [-0.4, -0.2) is 37.0 Å². The van der Waals surface area contributed by atoms with E-state index in [0.29, 0.717) is 37.3 Å². The van der Waals surface area contributed by atoms with Crippen LogP contribution in [0, 0.1) is 5.41 Å². The molecular formula is C37H38F3N3O3S. The zero-order valence-corrected chi connectivity index (χ0v) is 27.9. The lowest BCUT2D eigenvalue weighted by atomic mass is 9.88. The monoisotopic (exact) mass is 661 g/mol. The van der Waals surface area contributed by atoms with Gasteiger partial charge in [-0.15, -0.1) is 11.8 Å². The number of carbonyl (C=O) groups is 1. The number of ether oxygens (including phenoxy) is 1. The Morgan fingerprint density at radius 3 is 2.28 bits per heavy atom. The SMILES string of the molecule is CC(C)(C)Sc1c(CC(C)(C)C(=O)O)n(Cc2ccc(-c3ccc(C(F)(F)F)cn3)cc2)c2ccc(OCCc3ccccn3)cc12. The molecule has 0 spiro atoms. The average Bonchev–Trinajstić information content (AvgIpc) is 3.27. The number of thioether (sulfide) groups is 1. The van der Waals surface area contributed by atoms with E-state index in [1.165, 1.54) is 6.07 Å². The highest BCUT2D eigenvalue weighted by atomic mass is 32.2. The molecule has 3 heterocycles. The number of carboxylic acids is 1. The Balaban J connectivity index is 1.52. The fraction of sp³-hybridized carbons (Fsp3) is 0.324. The van der Waals surface area contributed by atoms with Crippen molar-refractivity contribution >= 4 is 28.6 Å². The summed E-state index contributed by atoms with van der Waals surface area (Å²) >= 11 is 1.70. The van der Waals surface area contributed by atoms with Crippen molar-refractivity contribution in [1.29, 1.82) is 0 Å². The Kier molecular flexibility index (Phi) is 9.73. The summed E-state index contributed by atoms with van der Waals surface area (Å²) in [5.41, 5.74) is 3.10.